The minimum absolute atomic E-state index is 0.227. The SMILES string of the molecule is Cn1ccnc1NC(=O)c1ccc(F)cc1F. The maximum atomic E-state index is 13.3. The predicted molar refractivity (Wildman–Crippen MR) is 57.5 cm³/mol. The first kappa shape index (κ1) is 11.3. The molecule has 0 bridgehead atoms. The van der Waals surface area contributed by atoms with Crippen LogP contribution in [0.25, 0.3) is 0 Å². The van der Waals surface area contributed by atoms with Gasteiger partial charge < -0.3 is 4.57 Å². The average molecular weight is 237 g/mol. The molecule has 0 aliphatic heterocycles. The highest BCUT2D eigenvalue weighted by Crippen LogP contribution is 2.11. The second kappa shape index (κ2) is 4.32. The maximum absolute atomic E-state index is 13.3. The van der Waals surface area contributed by atoms with Gasteiger partial charge in [-0.15, -0.1) is 0 Å². The molecule has 1 amide bonds. The molecule has 0 saturated carbocycles. The number of aryl methyl sites for hydroxylation is 1. The summed E-state index contributed by atoms with van der Waals surface area (Å²) in [4.78, 5) is 15.5. The average Bonchev–Trinajstić information content (AvgIpc) is 2.64. The molecule has 0 aliphatic rings. The zero-order chi connectivity index (χ0) is 12.4. The van der Waals surface area contributed by atoms with E-state index in [4.69, 9.17) is 0 Å². The molecule has 1 heterocycles. The monoisotopic (exact) mass is 237 g/mol. The molecule has 4 nitrogen and oxygen atoms in total. The molecule has 1 aromatic heterocycles. The van der Waals surface area contributed by atoms with E-state index in [2.05, 4.69) is 10.3 Å². The molecule has 0 spiro atoms. The van der Waals surface area contributed by atoms with Crippen LogP contribution in [0.1, 0.15) is 10.4 Å². The van der Waals surface area contributed by atoms with Crippen LogP contribution in [0.5, 0.6) is 0 Å². The van der Waals surface area contributed by atoms with E-state index in [1.54, 1.807) is 17.8 Å². The quantitative estimate of drug-likeness (QED) is 0.867. The largest absolute Gasteiger partial charge is 0.320 e. The van der Waals surface area contributed by atoms with Gasteiger partial charge in [-0.25, -0.2) is 13.8 Å². The van der Waals surface area contributed by atoms with Crippen molar-refractivity contribution in [2.75, 3.05) is 5.32 Å². The fourth-order valence-electron chi connectivity index (χ4n) is 1.33. The lowest BCUT2D eigenvalue weighted by Crippen LogP contribution is -2.16. The summed E-state index contributed by atoms with van der Waals surface area (Å²) in [5.74, 6) is -2.01. The summed E-state index contributed by atoms with van der Waals surface area (Å²) >= 11 is 0. The zero-order valence-electron chi connectivity index (χ0n) is 8.95. The van der Waals surface area contributed by atoms with Gasteiger partial charge in [-0.05, 0) is 12.1 Å². The Balaban J connectivity index is 2.23. The minimum Gasteiger partial charge on any atom is -0.320 e. The molecule has 17 heavy (non-hydrogen) atoms. The summed E-state index contributed by atoms with van der Waals surface area (Å²) in [7, 11) is 1.68. The number of rotatable bonds is 2. The normalized spacial score (nSPS) is 10.3. The molecule has 2 rings (SSSR count). The van der Waals surface area contributed by atoms with Crippen LogP contribution in [0.4, 0.5) is 14.7 Å². The molecule has 0 fully saturated rings. The molecule has 2 aromatic rings. The first-order chi connectivity index (χ1) is 8.08. The first-order valence-corrected chi connectivity index (χ1v) is 4.81. The van der Waals surface area contributed by atoms with Gasteiger partial charge in [-0.3, -0.25) is 10.1 Å². The number of halogens is 2. The lowest BCUT2D eigenvalue weighted by atomic mass is 10.2. The number of hydrogen-bond donors (Lipinski definition) is 1. The number of carbonyl (C=O) groups is 1. The standard InChI is InChI=1S/C11H9F2N3O/c1-16-5-4-14-11(16)15-10(17)8-3-2-7(12)6-9(8)13/h2-6H,1H3,(H,14,15,17). The Morgan fingerprint density at radius 1 is 1.41 bits per heavy atom. The van der Waals surface area contributed by atoms with E-state index in [9.17, 15) is 13.6 Å². The Morgan fingerprint density at radius 2 is 2.18 bits per heavy atom. The Labute approximate surface area is 95.9 Å². The Bertz CT molecular complexity index is 566. The van der Waals surface area contributed by atoms with Crippen LogP contribution in [-0.2, 0) is 7.05 Å². The number of benzene rings is 1. The number of carbonyl (C=O) groups excluding carboxylic acids is 1. The molecular formula is C11H9F2N3O. The molecule has 0 unspecified atom stereocenters. The number of nitrogens with one attached hydrogen (secondary N) is 1. The molecule has 6 heteroatoms. The van der Waals surface area contributed by atoms with Gasteiger partial charge in [0.2, 0.25) is 5.95 Å². The number of anilines is 1. The van der Waals surface area contributed by atoms with Crippen molar-refractivity contribution < 1.29 is 13.6 Å². The number of aromatic nitrogens is 2. The molecule has 0 aliphatic carbocycles. The summed E-state index contributed by atoms with van der Waals surface area (Å²) in [5.41, 5.74) is -0.227. The molecule has 0 atom stereocenters. The smallest absolute Gasteiger partial charge is 0.260 e. The Kier molecular flexibility index (Phi) is 2.86. The van der Waals surface area contributed by atoms with E-state index in [-0.39, 0.29) is 5.56 Å². The summed E-state index contributed by atoms with van der Waals surface area (Å²) in [5, 5.41) is 2.42. The van der Waals surface area contributed by atoms with Crippen LogP contribution in [0.15, 0.2) is 30.6 Å². The van der Waals surface area contributed by atoms with Crippen LogP contribution in [0, 0.1) is 11.6 Å². The summed E-state index contributed by atoms with van der Waals surface area (Å²) < 4.78 is 27.5. The number of amides is 1. The highest BCUT2D eigenvalue weighted by Gasteiger charge is 2.13. The van der Waals surface area contributed by atoms with Crippen molar-refractivity contribution >= 4 is 11.9 Å². The van der Waals surface area contributed by atoms with E-state index >= 15 is 0 Å². The topological polar surface area (TPSA) is 46.9 Å². The Hall–Kier alpha value is -2.24. The molecular weight excluding hydrogens is 228 g/mol. The fraction of sp³-hybridized carbons (Fsp3) is 0.0909. The van der Waals surface area contributed by atoms with Crippen molar-refractivity contribution in [3.63, 3.8) is 0 Å². The number of hydrogen-bond acceptors (Lipinski definition) is 2. The number of nitrogens with zero attached hydrogens (tertiary/aromatic N) is 2. The first-order valence-electron chi connectivity index (χ1n) is 4.81. The van der Waals surface area contributed by atoms with Crippen LogP contribution < -0.4 is 5.32 Å². The van der Waals surface area contributed by atoms with Crippen LogP contribution in [0.2, 0.25) is 0 Å². The Morgan fingerprint density at radius 3 is 2.76 bits per heavy atom. The van der Waals surface area contributed by atoms with Crippen molar-refractivity contribution in [2.45, 2.75) is 0 Å². The van der Waals surface area contributed by atoms with Crippen LogP contribution in [-0.4, -0.2) is 15.5 Å². The lowest BCUT2D eigenvalue weighted by Gasteiger charge is -2.05. The van der Waals surface area contributed by atoms with Crippen molar-refractivity contribution in [2.24, 2.45) is 7.05 Å². The van der Waals surface area contributed by atoms with Crippen molar-refractivity contribution in [1.29, 1.82) is 0 Å². The summed E-state index contributed by atoms with van der Waals surface area (Å²) in [6, 6.07) is 2.77. The molecule has 1 aromatic carbocycles. The minimum atomic E-state index is -0.906. The third kappa shape index (κ3) is 2.30. The van der Waals surface area contributed by atoms with E-state index in [1.165, 1.54) is 6.20 Å². The van der Waals surface area contributed by atoms with Crippen molar-refractivity contribution in [3.05, 3.63) is 47.8 Å². The fourth-order valence-corrected chi connectivity index (χ4v) is 1.33. The molecule has 88 valence electrons. The predicted octanol–water partition coefficient (Wildman–Crippen LogP) is 1.95. The number of imidazole rings is 1. The van der Waals surface area contributed by atoms with Gasteiger partial charge in [0, 0.05) is 25.5 Å². The van der Waals surface area contributed by atoms with Gasteiger partial charge in [0.25, 0.3) is 5.91 Å². The second-order valence-corrected chi connectivity index (χ2v) is 3.44. The van der Waals surface area contributed by atoms with Crippen molar-refractivity contribution in [3.8, 4) is 0 Å². The lowest BCUT2D eigenvalue weighted by molar-refractivity contribution is 0.102. The molecule has 1 N–H and O–H groups in total. The second-order valence-electron chi connectivity index (χ2n) is 3.44. The zero-order valence-corrected chi connectivity index (χ0v) is 8.95. The van der Waals surface area contributed by atoms with Gasteiger partial charge >= 0.3 is 0 Å². The van der Waals surface area contributed by atoms with E-state index in [1.807, 2.05) is 0 Å². The van der Waals surface area contributed by atoms with Gasteiger partial charge in [-0.1, -0.05) is 0 Å². The highest BCUT2D eigenvalue weighted by molar-refractivity contribution is 6.03. The highest BCUT2D eigenvalue weighted by atomic mass is 19.1. The summed E-state index contributed by atoms with van der Waals surface area (Å²) in [6.07, 6.45) is 3.13. The van der Waals surface area contributed by atoms with Crippen LogP contribution in [0.3, 0.4) is 0 Å². The third-order valence-corrected chi connectivity index (χ3v) is 2.22. The maximum Gasteiger partial charge on any atom is 0.260 e. The van der Waals surface area contributed by atoms with Gasteiger partial charge in [-0.2, -0.15) is 0 Å². The van der Waals surface area contributed by atoms with Gasteiger partial charge in [0.1, 0.15) is 11.6 Å². The van der Waals surface area contributed by atoms with Gasteiger partial charge in [0.15, 0.2) is 0 Å². The van der Waals surface area contributed by atoms with E-state index < -0.39 is 17.5 Å². The van der Waals surface area contributed by atoms with Gasteiger partial charge in [0.05, 0.1) is 5.56 Å². The van der Waals surface area contributed by atoms with Crippen LogP contribution >= 0.6 is 0 Å². The van der Waals surface area contributed by atoms with E-state index in [0.29, 0.717) is 12.0 Å². The van der Waals surface area contributed by atoms with E-state index in [0.717, 1.165) is 12.1 Å². The summed E-state index contributed by atoms with van der Waals surface area (Å²) in [6.45, 7) is 0. The molecule has 0 saturated heterocycles. The molecule has 0 radical (unpaired) electrons. The third-order valence-electron chi connectivity index (χ3n) is 2.22. The van der Waals surface area contributed by atoms with Crippen molar-refractivity contribution in [1.82, 2.24) is 9.55 Å².